The molecule has 0 spiro atoms. The molecular formula is C16H18BrFN2S. The van der Waals surface area contributed by atoms with E-state index >= 15 is 0 Å². The molecule has 1 aliphatic rings. The summed E-state index contributed by atoms with van der Waals surface area (Å²) in [6, 6.07) is 7.72. The summed E-state index contributed by atoms with van der Waals surface area (Å²) in [7, 11) is 0. The van der Waals surface area contributed by atoms with Gasteiger partial charge in [0.25, 0.3) is 0 Å². The van der Waals surface area contributed by atoms with E-state index in [9.17, 15) is 4.39 Å². The van der Waals surface area contributed by atoms with E-state index in [1.807, 2.05) is 12.1 Å². The Kier molecular flexibility index (Phi) is 4.50. The summed E-state index contributed by atoms with van der Waals surface area (Å²) in [5.74, 6) is -0.138. The lowest BCUT2D eigenvalue weighted by atomic mass is 10.2. The molecule has 1 aromatic heterocycles. The van der Waals surface area contributed by atoms with Crippen molar-refractivity contribution in [1.82, 2.24) is 0 Å². The molecule has 0 aliphatic carbocycles. The van der Waals surface area contributed by atoms with Crippen LogP contribution in [-0.4, -0.2) is 13.1 Å². The molecule has 1 saturated heterocycles. The molecule has 0 bridgehead atoms. The van der Waals surface area contributed by atoms with E-state index in [2.05, 4.69) is 44.5 Å². The van der Waals surface area contributed by atoms with Crippen molar-refractivity contribution >= 4 is 38.6 Å². The van der Waals surface area contributed by atoms with Crippen molar-refractivity contribution in [2.24, 2.45) is 0 Å². The minimum Gasteiger partial charge on any atom is -0.378 e. The Balaban J connectivity index is 1.72. The molecule has 1 atom stereocenters. The number of nitrogens with one attached hydrogen (secondary N) is 1. The number of halogens is 2. The molecule has 0 saturated carbocycles. The van der Waals surface area contributed by atoms with Crippen LogP contribution in [0.4, 0.5) is 15.8 Å². The first-order valence-electron chi connectivity index (χ1n) is 7.18. The summed E-state index contributed by atoms with van der Waals surface area (Å²) in [5, 5.41) is 5.42. The lowest BCUT2D eigenvalue weighted by Gasteiger charge is -2.20. The second-order valence-corrected chi connectivity index (χ2v) is 7.25. The van der Waals surface area contributed by atoms with Gasteiger partial charge in [-0.3, -0.25) is 0 Å². The predicted molar refractivity (Wildman–Crippen MR) is 91.9 cm³/mol. The third kappa shape index (κ3) is 3.40. The van der Waals surface area contributed by atoms with Gasteiger partial charge < -0.3 is 10.2 Å². The number of rotatable bonds is 4. The summed E-state index contributed by atoms with van der Waals surface area (Å²) >= 11 is 5.16. The fourth-order valence-corrected chi connectivity index (χ4v) is 4.14. The average Bonchev–Trinajstić information content (AvgIpc) is 3.10. The summed E-state index contributed by atoms with van der Waals surface area (Å²) in [4.78, 5) is 3.35. The zero-order chi connectivity index (χ0) is 14.8. The minimum atomic E-state index is -0.138. The Bertz CT molecular complexity index is 622. The van der Waals surface area contributed by atoms with Gasteiger partial charge in [-0.15, -0.1) is 11.3 Å². The van der Waals surface area contributed by atoms with Crippen molar-refractivity contribution in [2.45, 2.75) is 25.8 Å². The largest absolute Gasteiger partial charge is 0.378 e. The van der Waals surface area contributed by atoms with Gasteiger partial charge in [-0.25, -0.2) is 4.39 Å². The fourth-order valence-electron chi connectivity index (χ4n) is 2.69. The predicted octanol–water partition coefficient (Wildman–Crippen LogP) is 5.42. The first kappa shape index (κ1) is 14.9. The van der Waals surface area contributed by atoms with Crippen LogP contribution in [0.2, 0.25) is 0 Å². The monoisotopic (exact) mass is 368 g/mol. The average molecular weight is 369 g/mol. The highest BCUT2D eigenvalue weighted by atomic mass is 79.9. The lowest BCUT2D eigenvalue weighted by molar-refractivity contribution is 0.623. The second kappa shape index (κ2) is 6.36. The van der Waals surface area contributed by atoms with E-state index in [0.717, 1.165) is 41.8 Å². The summed E-state index contributed by atoms with van der Waals surface area (Å²) < 4.78 is 15.4. The molecule has 1 aromatic carbocycles. The number of hydrogen-bond donors (Lipinski definition) is 1. The Morgan fingerprint density at radius 3 is 2.67 bits per heavy atom. The summed E-state index contributed by atoms with van der Waals surface area (Å²) in [6.07, 6.45) is 2.31. The Morgan fingerprint density at radius 2 is 2.05 bits per heavy atom. The number of nitrogens with zero attached hydrogens (tertiary/aromatic N) is 1. The highest BCUT2D eigenvalue weighted by molar-refractivity contribution is 9.10. The van der Waals surface area contributed by atoms with Crippen molar-refractivity contribution in [1.29, 1.82) is 0 Å². The van der Waals surface area contributed by atoms with Gasteiger partial charge >= 0.3 is 0 Å². The van der Waals surface area contributed by atoms with Crippen LogP contribution in [0.25, 0.3) is 0 Å². The minimum absolute atomic E-state index is 0.138. The maximum Gasteiger partial charge on any atom is 0.148 e. The van der Waals surface area contributed by atoms with E-state index in [1.165, 1.54) is 4.88 Å². The third-order valence-corrected chi connectivity index (χ3v) is 5.67. The van der Waals surface area contributed by atoms with Gasteiger partial charge in [0.1, 0.15) is 5.82 Å². The Morgan fingerprint density at radius 1 is 1.29 bits per heavy atom. The molecule has 2 heterocycles. The molecule has 0 amide bonds. The van der Waals surface area contributed by atoms with Gasteiger partial charge in [-0.1, -0.05) is 0 Å². The molecule has 1 aliphatic heterocycles. The van der Waals surface area contributed by atoms with Gasteiger partial charge in [0.05, 0.1) is 11.7 Å². The number of benzene rings is 1. The van der Waals surface area contributed by atoms with E-state index in [4.69, 9.17) is 0 Å². The van der Waals surface area contributed by atoms with Gasteiger partial charge in [0, 0.05) is 33.5 Å². The van der Waals surface area contributed by atoms with Crippen LogP contribution in [0.5, 0.6) is 0 Å². The Labute approximate surface area is 137 Å². The molecule has 3 rings (SSSR count). The first-order valence-corrected chi connectivity index (χ1v) is 8.86. The summed E-state index contributed by atoms with van der Waals surface area (Å²) in [6.45, 7) is 4.01. The third-order valence-electron chi connectivity index (χ3n) is 3.79. The molecule has 5 heteroatoms. The normalized spacial score (nSPS) is 16.2. The lowest BCUT2D eigenvalue weighted by Crippen LogP contribution is -2.19. The van der Waals surface area contributed by atoms with Crippen LogP contribution in [0.3, 0.4) is 0 Å². The second-order valence-electron chi connectivity index (χ2n) is 5.39. The van der Waals surface area contributed by atoms with E-state index in [1.54, 1.807) is 17.4 Å². The fraction of sp³-hybridized carbons (Fsp3) is 0.375. The van der Waals surface area contributed by atoms with E-state index < -0.39 is 0 Å². The van der Waals surface area contributed by atoms with Gasteiger partial charge in [0.2, 0.25) is 0 Å². The van der Waals surface area contributed by atoms with Crippen molar-refractivity contribution < 1.29 is 4.39 Å². The Hall–Kier alpha value is -1.07. The van der Waals surface area contributed by atoms with Gasteiger partial charge in [-0.2, -0.15) is 0 Å². The molecule has 2 nitrogen and oxygen atoms in total. The molecule has 21 heavy (non-hydrogen) atoms. The molecule has 1 N–H and O–H groups in total. The molecule has 1 unspecified atom stereocenters. The van der Waals surface area contributed by atoms with Crippen molar-refractivity contribution in [2.75, 3.05) is 23.3 Å². The van der Waals surface area contributed by atoms with Crippen molar-refractivity contribution in [3.63, 3.8) is 0 Å². The highest BCUT2D eigenvalue weighted by Crippen LogP contribution is 2.30. The smallest absolute Gasteiger partial charge is 0.148 e. The van der Waals surface area contributed by atoms with Crippen LogP contribution >= 0.6 is 27.3 Å². The highest BCUT2D eigenvalue weighted by Gasteiger charge is 2.16. The zero-order valence-electron chi connectivity index (χ0n) is 11.9. The van der Waals surface area contributed by atoms with Crippen molar-refractivity contribution in [3.8, 4) is 0 Å². The topological polar surface area (TPSA) is 15.3 Å². The molecule has 112 valence electrons. The van der Waals surface area contributed by atoms with Crippen molar-refractivity contribution in [3.05, 3.63) is 44.8 Å². The standard InChI is InChI=1S/C16H18BrFN2S/c1-11(16-8-12(17)10-21-16)19-13-4-5-15(14(18)9-13)20-6-2-3-7-20/h4-5,8-11,19H,2-3,6-7H2,1H3. The van der Waals surface area contributed by atoms with E-state index in [-0.39, 0.29) is 11.9 Å². The molecular weight excluding hydrogens is 351 g/mol. The van der Waals surface area contributed by atoms with E-state index in [0.29, 0.717) is 0 Å². The summed E-state index contributed by atoms with van der Waals surface area (Å²) in [5.41, 5.74) is 1.55. The van der Waals surface area contributed by atoms with Gasteiger partial charge in [-0.05, 0) is 60.0 Å². The zero-order valence-corrected chi connectivity index (χ0v) is 14.3. The maximum absolute atomic E-state index is 14.3. The van der Waals surface area contributed by atoms with Crippen LogP contribution in [0.1, 0.15) is 30.7 Å². The number of anilines is 2. The van der Waals surface area contributed by atoms with Crippen LogP contribution < -0.4 is 10.2 Å². The quantitative estimate of drug-likeness (QED) is 0.774. The first-order chi connectivity index (χ1) is 10.1. The maximum atomic E-state index is 14.3. The molecule has 1 fully saturated rings. The SMILES string of the molecule is CC(Nc1ccc(N2CCCC2)c(F)c1)c1cc(Br)cs1. The van der Waals surface area contributed by atoms with Crippen LogP contribution in [0, 0.1) is 5.82 Å². The molecule has 0 radical (unpaired) electrons. The number of thiophene rings is 1. The van der Waals surface area contributed by atoms with Gasteiger partial charge in [0.15, 0.2) is 0 Å². The molecule has 2 aromatic rings. The van der Waals surface area contributed by atoms with Crippen LogP contribution in [0.15, 0.2) is 34.1 Å². The van der Waals surface area contributed by atoms with Crippen LogP contribution in [-0.2, 0) is 0 Å². The number of hydrogen-bond acceptors (Lipinski definition) is 3.